The second kappa shape index (κ2) is 7.43. The molecule has 3 atom stereocenters. The smallest absolute Gasteiger partial charge is 0.258 e. The maximum atomic E-state index is 12.1. The van der Waals surface area contributed by atoms with Gasteiger partial charge >= 0.3 is 0 Å². The van der Waals surface area contributed by atoms with Crippen molar-refractivity contribution in [1.82, 2.24) is 5.32 Å². The number of carbonyl (C=O) groups excluding carboxylic acids is 2. The van der Waals surface area contributed by atoms with Crippen LogP contribution in [0.2, 0.25) is 0 Å². The minimum atomic E-state index is -0.0980. The summed E-state index contributed by atoms with van der Waals surface area (Å²) in [7, 11) is 0. The molecule has 1 amide bonds. The minimum absolute atomic E-state index is 0.0140. The van der Waals surface area contributed by atoms with Gasteiger partial charge in [-0.2, -0.15) is 0 Å². The second-order valence-electron chi connectivity index (χ2n) is 6.31. The van der Waals surface area contributed by atoms with Gasteiger partial charge in [0.15, 0.2) is 12.4 Å². The first-order valence-electron chi connectivity index (χ1n) is 8.00. The third kappa shape index (κ3) is 4.33. The van der Waals surface area contributed by atoms with Crippen molar-refractivity contribution in [2.75, 3.05) is 6.61 Å². The Kier molecular flexibility index (Phi) is 5.58. The molecule has 0 aliphatic heterocycles. The van der Waals surface area contributed by atoms with Gasteiger partial charge in [-0.25, -0.2) is 0 Å². The van der Waals surface area contributed by atoms with Crippen molar-refractivity contribution in [3.63, 3.8) is 0 Å². The highest BCUT2D eigenvalue weighted by Crippen LogP contribution is 2.29. The number of benzene rings is 1. The van der Waals surface area contributed by atoms with E-state index in [0.29, 0.717) is 23.1 Å². The molecule has 22 heavy (non-hydrogen) atoms. The number of Topliss-reactive ketones (excluding diaryl/α,β-unsaturated/α-hetero) is 1. The van der Waals surface area contributed by atoms with Gasteiger partial charge in [0, 0.05) is 11.6 Å². The SMILES string of the molecule is CC(=O)c1cccc(OCC(=O)N[C@@H]2CCC[C@H](C)[C@@H]2C)c1. The van der Waals surface area contributed by atoms with E-state index < -0.39 is 0 Å². The Morgan fingerprint density at radius 2 is 2.05 bits per heavy atom. The quantitative estimate of drug-likeness (QED) is 0.850. The van der Waals surface area contributed by atoms with Crippen LogP contribution in [0.3, 0.4) is 0 Å². The van der Waals surface area contributed by atoms with Crippen LogP contribution in [0.4, 0.5) is 0 Å². The minimum Gasteiger partial charge on any atom is -0.484 e. The Morgan fingerprint density at radius 1 is 1.27 bits per heavy atom. The topological polar surface area (TPSA) is 55.4 Å². The first-order valence-corrected chi connectivity index (χ1v) is 8.00. The van der Waals surface area contributed by atoms with E-state index in [1.165, 1.54) is 13.3 Å². The fourth-order valence-electron chi connectivity index (χ4n) is 2.99. The van der Waals surface area contributed by atoms with Crippen molar-refractivity contribution in [2.45, 2.75) is 46.1 Å². The summed E-state index contributed by atoms with van der Waals surface area (Å²) in [6, 6.07) is 7.16. The molecule has 4 nitrogen and oxygen atoms in total. The van der Waals surface area contributed by atoms with Crippen LogP contribution < -0.4 is 10.1 Å². The van der Waals surface area contributed by atoms with E-state index in [-0.39, 0.29) is 24.3 Å². The molecule has 0 unspecified atom stereocenters. The zero-order chi connectivity index (χ0) is 16.1. The Labute approximate surface area is 132 Å². The van der Waals surface area contributed by atoms with Gasteiger partial charge < -0.3 is 10.1 Å². The monoisotopic (exact) mass is 303 g/mol. The summed E-state index contributed by atoms with van der Waals surface area (Å²) < 4.78 is 5.50. The normalized spacial score (nSPS) is 24.6. The molecule has 1 saturated carbocycles. The molecule has 0 heterocycles. The van der Waals surface area contributed by atoms with Gasteiger partial charge in [0.2, 0.25) is 0 Å². The lowest BCUT2D eigenvalue weighted by molar-refractivity contribution is -0.124. The standard InChI is InChI=1S/C18H25NO3/c1-12-6-4-9-17(13(12)2)19-18(21)11-22-16-8-5-7-15(10-16)14(3)20/h5,7-8,10,12-13,17H,4,6,9,11H2,1-3H3,(H,19,21)/t12-,13-,17+/m0/s1. The summed E-state index contributed by atoms with van der Waals surface area (Å²) in [6.45, 7) is 5.94. The van der Waals surface area contributed by atoms with E-state index >= 15 is 0 Å². The van der Waals surface area contributed by atoms with Crippen molar-refractivity contribution in [1.29, 1.82) is 0 Å². The Morgan fingerprint density at radius 3 is 2.77 bits per heavy atom. The predicted octanol–water partition coefficient (Wildman–Crippen LogP) is 3.21. The summed E-state index contributed by atoms with van der Waals surface area (Å²) in [5.41, 5.74) is 0.590. The molecule has 120 valence electrons. The van der Waals surface area contributed by atoms with Gasteiger partial charge in [0.1, 0.15) is 5.75 Å². The van der Waals surface area contributed by atoms with Crippen LogP contribution in [-0.2, 0) is 4.79 Å². The highest BCUT2D eigenvalue weighted by Gasteiger charge is 2.28. The Balaban J connectivity index is 1.85. The molecule has 0 spiro atoms. The lowest BCUT2D eigenvalue weighted by Crippen LogP contribution is -2.45. The van der Waals surface area contributed by atoms with Gasteiger partial charge in [-0.1, -0.05) is 38.8 Å². The van der Waals surface area contributed by atoms with Gasteiger partial charge in [-0.05, 0) is 37.3 Å². The molecule has 1 N–H and O–H groups in total. The zero-order valence-electron chi connectivity index (χ0n) is 13.6. The van der Waals surface area contributed by atoms with Crippen LogP contribution in [0, 0.1) is 11.8 Å². The molecule has 1 fully saturated rings. The van der Waals surface area contributed by atoms with Crippen LogP contribution >= 0.6 is 0 Å². The van der Waals surface area contributed by atoms with E-state index in [2.05, 4.69) is 19.2 Å². The van der Waals surface area contributed by atoms with E-state index in [9.17, 15) is 9.59 Å². The number of hydrogen-bond acceptors (Lipinski definition) is 3. The van der Waals surface area contributed by atoms with Crippen molar-refractivity contribution in [3.05, 3.63) is 29.8 Å². The summed E-state index contributed by atoms with van der Waals surface area (Å²) in [5, 5.41) is 3.08. The first kappa shape index (κ1) is 16.5. The molecule has 1 aromatic carbocycles. The fraction of sp³-hybridized carbons (Fsp3) is 0.556. The number of ketones is 1. The maximum Gasteiger partial charge on any atom is 0.258 e. The molecule has 2 rings (SSSR count). The maximum absolute atomic E-state index is 12.1. The highest BCUT2D eigenvalue weighted by atomic mass is 16.5. The van der Waals surface area contributed by atoms with E-state index in [1.807, 2.05) is 0 Å². The zero-order valence-corrected chi connectivity index (χ0v) is 13.6. The van der Waals surface area contributed by atoms with Crippen LogP contribution in [0.5, 0.6) is 5.75 Å². The highest BCUT2D eigenvalue weighted by molar-refractivity contribution is 5.94. The molecule has 1 aliphatic carbocycles. The van der Waals surface area contributed by atoms with Crippen molar-refractivity contribution in [2.24, 2.45) is 11.8 Å². The van der Waals surface area contributed by atoms with Gasteiger partial charge in [0.25, 0.3) is 5.91 Å². The van der Waals surface area contributed by atoms with Crippen LogP contribution in [-0.4, -0.2) is 24.3 Å². The lowest BCUT2D eigenvalue weighted by atomic mass is 9.78. The molecule has 0 aromatic heterocycles. The van der Waals surface area contributed by atoms with Gasteiger partial charge in [-0.15, -0.1) is 0 Å². The Hall–Kier alpha value is -1.84. The summed E-state index contributed by atoms with van der Waals surface area (Å²) in [5.74, 6) is 1.58. The van der Waals surface area contributed by atoms with Gasteiger partial charge in [0.05, 0.1) is 0 Å². The lowest BCUT2D eigenvalue weighted by Gasteiger charge is -2.34. The van der Waals surface area contributed by atoms with E-state index in [4.69, 9.17) is 4.74 Å². The second-order valence-corrected chi connectivity index (χ2v) is 6.31. The molecule has 0 saturated heterocycles. The molecule has 1 aliphatic rings. The Bertz CT molecular complexity index is 541. The van der Waals surface area contributed by atoms with Gasteiger partial charge in [-0.3, -0.25) is 9.59 Å². The number of carbonyl (C=O) groups is 2. The summed E-state index contributed by atoms with van der Waals surface area (Å²) in [4.78, 5) is 23.4. The summed E-state index contributed by atoms with van der Waals surface area (Å²) >= 11 is 0. The summed E-state index contributed by atoms with van der Waals surface area (Å²) in [6.07, 6.45) is 3.44. The number of nitrogens with one attached hydrogen (secondary N) is 1. The molecule has 1 aromatic rings. The molecule has 4 heteroatoms. The van der Waals surface area contributed by atoms with E-state index in [0.717, 1.165) is 12.8 Å². The average molecular weight is 303 g/mol. The largest absolute Gasteiger partial charge is 0.484 e. The number of ether oxygens (including phenoxy) is 1. The van der Waals surface area contributed by atoms with Crippen molar-refractivity contribution < 1.29 is 14.3 Å². The molecular formula is C18H25NO3. The fourth-order valence-corrected chi connectivity index (χ4v) is 2.99. The van der Waals surface area contributed by atoms with Crippen LogP contribution in [0.15, 0.2) is 24.3 Å². The number of hydrogen-bond donors (Lipinski definition) is 1. The predicted molar refractivity (Wildman–Crippen MR) is 86.1 cm³/mol. The average Bonchev–Trinajstić information content (AvgIpc) is 2.50. The molecule has 0 radical (unpaired) electrons. The molecule has 0 bridgehead atoms. The third-order valence-corrected chi connectivity index (χ3v) is 4.66. The number of rotatable bonds is 5. The van der Waals surface area contributed by atoms with E-state index in [1.54, 1.807) is 24.3 Å². The third-order valence-electron chi connectivity index (χ3n) is 4.66. The van der Waals surface area contributed by atoms with Crippen molar-refractivity contribution >= 4 is 11.7 Å². The van der Waals surface area contributed by atoms with Crippen molar-refractivity contribution in [3.8, 4) is 5.75 Å². The number of amides is 1. The van der Waals surface area contributed by atoms with Crippen LogP contribution in [0.1, 0.15) is 50.4 Å². The first-order chi connectivity index (χ1) is 10.5. The van der Waals surface area contributed by atoms with Crippen LogP contribution in [0.25, 0.3) is 0 Å². The molecular weight excluding hydrogens is 278 g/mol.